The number of piperidine rings is 1. The quantitative estimate of drug-likeness (QED) is 0.846. The fraction of sp³-hybridized carbons (Fsp3) is 0.389. The predicted octanol–water partition coefficient (Wildman–Crippen LogP) is 3.45. The third-order valence-electron chi connectivity index (χ3n) is 4.24. The Morgan fingerprint density at radius 1 is 1.25 bits per heavy atom. The van der Waals surface area contributed by atoms with Crippen LogP contribution in [0.25, 0.3) is 0 Å². The second-order valence-electron chi connectivity index (χ2n) is 5.91. The average molecular weight is 393 g/mol. The standard InChI is InChI=1S/C18H21BrN2O3/c1-21(14-8-10-20-11-9-14)18(22)17-7-6-16(24-17)12-23-15-4-2-13(19)3-5-15/h2-7,14,20H,8-12H2,1H3. The van der Waals surface area contributed by atoms with Crippen molar-refractivity contribution in [2.75, 3.05) is 20.1 Å². The van der Waals surface area contributed by atoms with Gasteiger partial charge >= 0.3 is 0 Å². The van der Waals surface area contributed by atoms with Crippen LogP contribution in [0.4, 0.5) is 0 Å². The van der Waals surface area contributed by atoms with Crippen molar-refractivity contribution in [2.45, 2.75) is 25.5 Å². The number of benzene rings is 1. The third kappa shape index (κ3) is 4.19. The van der Waals surface area contributed by atoms with E-state index in [9.17, 15) is 4.79 Å². The van der Waals surface area contributed by atoms with Gasteiger partial charge in [-0.2, -0.15) is 0 Å². The fourth-order valence-electron chi connectivity index (χ4n) is 2.79. The molecule has 24 heavy (non-hydrogen) atoms. The smallest absolute Gasteiger partial charge is 0.289 e. The second-order valence-corrected chi connectivity index (χ2v) is 6.82. The molecule has 3 rings (SSSR count). The van der Waals surface area contributed by atoms with Gasteiger partial charge in [-0.15, -0.1) is 0 Å². The Balaban J connectivity index is 1.57. The van der Waals surface area contributed by atoms with Gasteiger partial charge in [-0.25, -0.2) is 0 Å². The lowest BCUT2D eigenvalue weighted by Crippen LogP contribution is -2.43. The summed E-state index contributed by atoms with van der Waals surface area (Å²) in [7, 11) is 1.85. The van der Waals surface area contributed by atoms with E-state index in [0.29, 0.717) is 18.1 Å². The summed E-state index contributed by atoms with van der Waals surface area (Å²) in [6, 6.07) is 11.4. The lowest BCUT2D eigenvalue weighted by Gasteiger charge is -2.31. The van der Waals surface area contributed by atoms with E-state index in [1.54, 1.807) is 17.0 Å². The number of rotatable bonds is 5. The molecule has 0 atom stereocenters. The molecule has 0 unspecified atom stereocenters. The van der Waals surface area contributed by atoms with E-state index in [4.69, 9.17) is 9.15 Å². The van der Waals surface area contributed by atoms with Gasteiger partial charge in [0.2, 0.25) is 0 Å². The van der Waals surface area contributed by atoms with Crippen molar-refractivity contribution in [3.63, 3.8) is 0 Å². The first-order valence-corrected chi connectivity index (χ1v) is 8.88. The first kappa shape index (κ1) is 17.0. The molecule has 1 fully saturated rings. The maximum absolute atomic E-state index is 12.5. The van der Waals surface area contributed by atoms with Crippen LogP contribution in [0.15, 0.2) is 45.3 Å². The van der Waals surface area contributed by atoms with Gasteiger partial charge in [-0.3, -0.25) is 4.79 Å². The van der Waals surface area contributed by atoms with Crippen molar-refractivity contribution in [2.24, 2.45) is 0 Å². The predicted molar refractivity (Wildman–Crippen MR) is 95.2 cm³/mol. The molecule has 0 spiro atoms. The molecule has 1 saturated heterocycles. The summed E-state index contributed by atoms with van der Waals surface area (Å²) in [6.45, 7) is 2.20. The molecular weight excluding hydrogens is 372 g/mol. The summed E-state index contributed by atoms with van der Waals surface area (Å²) in [6.07, 6.45) is 1.95. The largest absolute Gasteiger partial charge is 0.486 e. The Kier molecular flexibility index (Phi) is 5.58. The molecule has 2 aromatic rings. The number of amides is 1. The van der Waals surface area contributed by atoms with Crippen molar-refractivity contribution in [3.8, 4) is 5.75 Å². The summed E-state index contributed by atoms with van der Waals surface area (Å²) >= 11 is 3.39. The molecule has 1 aromatic heterocycles. The van der Waals surface area contributed by atoms with E-state index in [1.807, 2.05) is 31.3 Å². The minimum absolute atomic E-state index is 0.0724. The number of ether oxygens (including phenoxy) is 1. The van der Waals surface area contributed by atoms with E-state index in [0.717, 1.165) is 36.2 Å². The van der Waals surface area contributed by atoms with Crippen LogP contribution in [0.2, 0.25) is 0 Å². The van der Waals surface area contributed by atoms with Crippen LogP contribution in [0.1, 0.15) is 29.2 Å². The molecule has 0 radical (unpaired) electrons. The van der Waals surface area contributed by atoms with Crippen molar-refractivity contribution < 1.29 is 13.9 Å². The summed E-state index contributed by atoms with van der Waals surface area (Å²) < 4.78 is 12.3. The highest BCUT2D eigenvalue weighted by Crippen LogP contribution is 2.19. The maximum atomic E-state index is 12.5. The molecular formula is C18H21BrN2O3. The molecule has 0 aliphatic carbocycles. The number of carbonyl (C=O) groups excluding carboxylic acids is 1. The normalized spacial score (nSPS) is 15.2. The molecule has 5 nitrogen and oxygen atoms in total. The lowest BCUT2D eigenvalue weighted by atomic mass is 10.1. The summed E-state index contributed by atoms with van der Waals surface area (Å²) in [5.74, 6) is 1.69. The first-order valence-electron chi connectivity index (χ1n) is 8.08. The van der Waals surface area contributed by atoms with Crippen molar-refractivity contribution >= 4 is 21.8 Å². The van der Waals surface area contributed by atoms with Crippen LogP contribution in [-0.4, -0.2) is 37.0 Å². The number of carbonyl (C=O) groups is 1. The topological polar surface area (TPSA) is 54.7 Å². The fourth-order valence-corrected chi connectivity index (χ4v) is 3.05. The van der Waals surface area contributed by atoms with Gasteiger partial charge in [0.1, 0.15) is 18.1 Å². The molecule has 1 N–H and O–H groups in total. The van der Waals surface area contributed by atoms with Crippen LogP contribution in [0, 0.1) is 0 Å². The maximum Gasteiger partial charge on any atom is 0.289 e. The number of halogens is 1. The van der Waals surface area contributed by atoms with E-state index in [-0.39, 0.29) is 11.9 Å². The summed E-state index contributed by atoms with van der Waals surface area (Å²) in [4.78, 5) is 14.3. The van der Waals surface area contributed by atoms with Crippen LogP contribution < -0.4 is 10.1 Å². The number of hydrogen-bond acceptors (Lipinski definition) is 4. The monoisotopic (exact) mass is 392 g/mol. The summed E-state index contributed by atoms with van der Waals surface area (Å²) in [5.41, 5.74) is 0. The van der Waals surface area contributed by atoms with Gasteiger partial charge in [0.25, 0.3) is 5.91 Å². The highest BCUT2D eigenvalue weighted by atomic mass is 79.9. The molecule has 1 aliphatic rings. The van der Waals surface area contributed by atoms with Gasteiger partial charge < -0.3 is 19.4 Å². The zero-order valence-corrected chi connectivity index (χ0v) is 15.2. The number of nitrogens with zero attached hydrogens (tertiary/aromatic N) is 1. The molecule has 128 valence electrons. The Bertz CT molecular complexity index is 678. The second kappa shape index (κ2) is 7.85. The van der Waals surface area contributed by atoms with Crippen LogP contribution in [0.3, 0.4) is 0 Å². The van der Waals surface area contributed by atoms with E-state index in [1.165, 1.54) is 0 Å². The number of nitrogens with one attached hydrogen (secondary N) is 1. The minimum atomic E-state index is -0.0724. The number of furan rings is 1. The van der Waals surface area contributed by atoms with Gasteiger partial charge in [0, 0.05) is 17.6 Å². The molecule has 2 heterocycles. The Morgan fingerprint density at radius 3 is 2.67 bits per heavy atom. The van der Waals surface area contributed by atoms with Gasteiger partial charge in [0.15, 0.2) is 5.76 Å². The van der Waals surface area contributed by atoms with Crippen molar-refractivity contribution in [3.05, 3.63) is 52.4 Å². The van der Waals surface area contributed by atoms with Crippen molar-refractivity contribution in [1.82, 2.24) is 10.2 Å². The molecule has 0 bridgehead atoms. The van der Waals surface area contributed by atoms with Gasteiger partial charge in [0.05, 0.1) is 0 Å². The third-order valence-corrected chi connectivity index (χ3v) is 4.77. The zero-order valence-electron chi connectivity index (χ0n) is 13.6. The molecule has 0 saturated carbocycles. The number of hydrogen-bond donors (Lipinski definition) is 1. The van der Waals surface area contributed by atoms with Crippen LogP contribution >= 0.6 is 15.9 Å². The van der Waals surface area contributed by atoms with E-state index < -0.39 is 0 Å². The molecule has 1 aromatic carbocycles. The lowest BCUT2D eigenvalue weighted by molar-refractivity contribution is 0.0667. The molecule has 1 aliphatic heterocycles. The molecule has 6 heteroatoms. The Hall–Kier alpha value is -1.79. The van der Waals surface area contributed by atoms with Gasteiger partial charge in [-0.05, 0) is 62.3 Å². The molecule has 1 amide bonds. The zero-order chi connectivity index (χ0) is 16.9. The van der Waals surface area contributed by atoms with E-state index in [2.05, 4.69) is 21.2 Å². The first-order chi connectivity index (χ1) is 11.6. The highest BCUT2D eigenvalue weighted by Gasteiger charge is 2.24. The summed E-state index contributed by atoms with van der Waals surface area (Å²) in [5, 5.41) is 3.31. The van der Waals surface area contributed by atoms with E-state index >= 15 is 0 Å². The minimum Gasteiger partial charge on any atom is -0.486 e. The van der Waals surface area contributed by atoms with Crippen LogP contribution in [0.5, 0.6) is 5.75 Å². The van der Waals surface area contributed by atoms with Gasteiger partial charge in [-0.1, -0.05) is 15.9 Å². The highest BCUT2D eigenvalue weighted by molar-refractivity contribution is 9.10. The Labute approximate surface area is 150 Å². The van der Waals surface area contributed by atoms with Crippen LogP contribution in [-0.2, 0) is 6.61 Å². The SMILES string of the molecule is CN(C(=O)c1ccc(COc2ccc(Br)cc2)o1)C1CCNCC1. The van der Waals surface area contributed by atoms with Crippen molar-refractivity contribution in [1.29, 1.82) is 0 Å². The average Bonchev–Trinajstić information content (AvgIpc) is 3.10. The Morgan fingerprint density at radius 2 is 1.96 bits per heavy atom.